The molecule has 3 nitrogen and oxygen atoms in total. The van der Waals surface area contributed by atoms with Gasteiger partial charge in [-0.3, -0.25) is 4.98 Å². The van der Waals surface area contributed by atoms with Crippen LogP contribution in [0.5, 0.6) is 0 Å². The van der Waals surface area contributed by atoms with E-state index >= 15 is 0 Å². The molecule has 1 aromatic carbocycles. The van der Waals surface area contributed by atoms with Gasteiger partial charge in [0.1, 0.15) is 0 Å². The molecule has 1 aromatic heterocycles. The number of thiazole rings is 1. The van der Waals surface area contributed by atoms with Crippen LogP contribution < -0.4 is 11.1 Å². The predicted molar refractivity (Wildman–Crippen MR) is 71.2 cm³/mol. The zero-order valence-corrected chi connectivity index (χ0v) is 11.0. The highest BCUT2D eigenvalue weighted by Gasteiger charge is 1.98. The maximum absolute atomic E-state index is 5.72. The molecule has 0 spiro atoms. The quantitative estimate of drug-likeness (QED) is 0.853. The lowest BCUT2D eigenvalue weighted by Gasteiger charge is -2.05. The molecule has 0 bridgehead atoms. The summed E-state index contributed by atoms with van der Waals surface area (Å²) in [6.07, 6.45) is 1.89. The fraction of sp³-hybridized carbons (Fsp3) is 0.182. The average molecular weight is 298 g/mol. The first kappa shape index (κ1) is 11.6. The largest absolute Gasteiger partial charge is 0.398 e. The fourth-order valence-corrected chi connectivity index (χ4v) is 2.33. The number of nitrogens with two attached hydrogens (primary N) is 1. The molecule has 0 unspecified atom stereocenters. The molecule has 5 heteroatoms. The van der Waals surface area contributed by atoms with Crippen molar-refractivity contribution in [3.8, 4) is 0 Å². The van der Waals surface area contributed by atoms with Gasteiger partial charge in [0, 0.05) is 34.3 Å². The van der Waals surface area contributed by atoms with Crippen LogP contribution in [0.2, 0.25) is 0 Å². The Morgan fingerprint density at radius 2 is 2.25 bits per heavy atom. The summed E-state index contributed by atoms with van der Waals surface area (Å²) in [7, 11) is 0. The van der Waals surface area contributed by atoms with Crippen molar-refractivity contribution in [1.82, 2.24) is 10.3 Å². The van der Waals surface area contributed by atoms with E-state index in [0.717, 1.165) is 23.2 Å². The molecule has 2 rings (SSSR count). The van der Waals surface area contributed by atoms with E-state index in [2.05, 4.69) is 26.2 Å². The Hall–Kier alpha value is -0.910. The van der Waals surface area contributed by atoms with Gasteiger partial charge in [-0.25, -0.2) is 0 Å². The van der Waals surface area contributed by atoms with Crippen LogP contribution in [0.4, 0.5) is 5.69 Å². The molecule has 3 N–H and O–H groups in total. The summed E-state index contributed by atoms with van der Waals surface area (Å²) in [5, 5.41) is 3.36. The van der Waals surface area contributed by atoms with E-state index in [1.54, 1.807) is 11.3 Å². The fourth-order valence-electron chi connectivity index (χ4n) is 1.34. The number of benzene rings is 1. The maximum atomic E-state index is 5.72. The van der Waals surface area contributed by atoms with Crippen LogP contribution in [-0.4, -0.2) is 4.98 Å². The molecule has 16 heavy (non-hydrogen) atoms. The molecule has 0 aliphatic carbocycles. The number of nitrogen functional groups attached to an aromatic ring is 1. The summed E-state index contributed by atoms with van der Waals surface area (Å²) in [5.74, 6) is 0. The number of hydrogen-bond acceptors (Lipinski definition) is 4. The van der Waals surface area contributed by atoms with Gasteiger partial charge in [0.05, 0.1) is 5.51 Å². The van der Waals surface area contributed by atoms with Crippen LogP contribution in [0.3, 0.4) is 0 Å². The number of nitrogens with one attached hydrogen (secondary N) is 1. The van der Waals surface area contributed by atoms with Gasteiger partial charge in [0.15, 0.2) is 0 Å². The Morgan fingerprint density at radius 3 is 2.94 bits per heavy atom. The highest BCUT2D eigenvalue weighted by atomic mass is 79.9. The van der Waals surface area contributed by atoms with Crippen LogP contribution >= 0.6 is 27.3 Å². The molecule has 2 aromatic rings. The van der Waals surface area contributed by atoms with E-state index < -0.39 is 0 Å². The van der Waals surface area contributed by atoms with Crippen molar-refractivity contribution in [2.45, 2.75) is 13.1 Å². The summed E-state index contributed by atoms with van der Waals surface area (Å²) in [6, 6.07) is 5.97. The molecule has 1 heterocycles. The Morgan fingerprint density at radius 1 is 1.38 bits per heavy atom. The Kier molecular flexibility index (Phi) is 3.93. The van der Waals surface area contributed by atoms with Crippen molar-refractivity contribution in [1.29, 1.82) is 0 Å². The minimum atomic E-state index is 0.770. The molecule has 0 atom stereocenters. The average Bonchev–Trinajstić information content (AvgIpc) is 2.76. The van der Waals surface area contributed by atoms with Crippen LogP contribution in [0, 0.1) is 0 Å². The third kappa shape index (κ3) is 3.04. The van der Waals surface area contributed by atoms with Gasteiger partial charge in [-0.15, -0.1) is 11.3 Å². The molecule has 0 saturated carbocycles. The normalized spacial score (nSPS) is 10.6. The first-order valence-electron chi connectivity index (χ1n) is 4.87. The van der Waals surface area contributed by atoms with E-state index in [4.69, 9.17) is 5.73 Å². The van der Waals surface area contributed by atoms with Crippen molar-refractivity contribution in [2.75, 3.05) is 5.73 Å². The molecular formula is C11H12BrN3S. The lowest BCUT2D eigenvalue weighted by Crippen LogP contribution is -2.11. The van der Waals surface area contributed by atoms with Gasteiger partial charge in [-0.05, 0) is 33.6 Å². The third-order valence-electron chi connectivity index (χ3n) is 2.18. The summed E-state index contributed by atoms with van der Waals surface area (Å²) >= 11 is 5.08. The number of nitrogens with zero attached hydrogens (tertiary/aromatic N) is 1. The molecule has 0 aliphatic heterocycles. The first-order chi connectivity index (χ1) is 7.75. The van der Waals surface area contributed by atoms with Gasteiger partial charge in [-0.1, -0.05) is 6.07 Å². The zero-order chi connectivity index (χ0) is 11.4. The third-order valence-corrected chi connectivity index (χ3v) is 3.64. The Labute approximate surface area is 107 Å². The second-order valence-corrected chi connectivity index (χ2v) is 5.25. The summed E-state index contributed by atoms with van der Waals surface area (Å²) in [4.78, 5) is 5.27. The highest BCUT2D eigenvalue weighted by Crippen LogP contribution is 2.20. The molecule has 84 valence electrons. The summed E-state index contributed by atoms with van der Waals surface area (Å²) in [5.41, 5.74) is 9.55. The van der Waals surface area contributed by atoms with Crippen LogP contribution in [-0.2, 0) is 13.1 Å². The standard InChI is InChI=1S/C11H12BrN3S/c12-10-3-8(1-2-11(10)13)4-14-5-9-6-15-7-16-9/h1-3,6-7,14H,4-5,13H2. The number of halogens is 1. The van der Waals surface area contributed by atoms with Crippen molar-refractivity contribution in [2.24, 2.45) is 0 Å². The van der Waals surface area contributed by atoms with Crippen molar-refractivity contribution in [3.05, 3.63) is 44.8 Å². The zero-order valence-electron chi connectivity index (χ0n) is 8.61. The van der Waals surface area contributed by atoms with Crippen molar-refractivity contribution in [3.63, 3.8) is 0 Å². The van der Waals surface area contributed by atoms with Crippen LogP contribution in [0.25, 0.3) is 0 Å². The summed E-state index contributed by atoms with van der Waals surface area (Å²) < 4.78 is 0.949. The number of anilines is 1. The molecule has 0 aliphatic rings. The first-order valence-corrected chi connectivity index (χ1v) is 6.55. The van der Waals surface area contributed by atoms with Crippen molar-refractivity contribution >= 4 is 33.0 Å². The van der Waals surface area contributed by atoms with E-state index in [-0.39, 0.29) is 0 Å². The molecule has 0 amide bonds. The lowest BCUT2D eigenvalue weighted by atomic mass is 10.2. The van der Waals surface area contributed by atoms with Gasteiger partial charge < -0.3 is 11.1 Å². The number of rotatable bonds is 4. The van der Waals surface area contributed by atoms with Gasteiger partial charge in [-0.2, -0.15) is 0 Å². The summed E-state index contributed by atoms with van der Waals surface area (Å²) in [6.45, 7) is 1.68. The molecule has 0 radical (unpaired) electrons. The minimum absolute atomic E-state index is 0.770. The lowest BCUT2D eigenvalue weighted by molar-refractivity contribution is 0.700. The topological polar surface area (TPSA) is 50.9 Å². The SMILES string of the molecule is Nc1ccc(CNCc2cncs2)cc1Br. The molecule has 0 saturated heterocycles. The van der Waals surface area contributed by atoms with Crippen molar-refractivity contribution < 1.29 is 0 Å². The van der Waals surface area contributed by atoms with E-state index in [1.165, 1.54) is 10.4 Å². The van der Waals surface area contributed by atoms with Gasteiger partial charge in [0.2, 0.25) is 0 Å². The minimum Gasteiger partial charge on any atom is -0.398 e. The highest BCUT2D eigenvalue weighted by molar-refractivity contribution is 9.10. The maximum Gasteiger partial charge on any atom is 0.0794 e. The van der Waals surface area contributed by atoms with E-state index in [9.17, 15) is 0 Å². The monoisotopic (exact) mass is 297 g/mol. The number of hydrogen-bond donors (Lipinski definition) is 2. The van der Waals surface area contributed by atoms with E-state index in [0.29, 0.717) is 0 Å². The smallest absolute Gasteiger partial charge is 0.0794 e. The molecule has 0 fully saturated rings. The van der Waals surface area contributed by atoms with Crippen LogP contribution in [0.15, 0.2) is 34.4 Å². The van der Waals surface area contributed by atoms with Crippen LogP contribution in [0.1, 0.15) is 10.4 Å². The number of aromatic nitrogens is 1. The second kappa shape index (κ2) is 5.43. The molecular weight excluding hydrogens is 286 g/mol. The van der Waals surface area contributed by atoms with Gasteiger partial charge >= 0.3 is 0 Å². The van der Waals surface area contributed by atoms with E-state index in [1.807, 2.05) is 29.9 Å². The predicted octanol–water partition coefficient (Wildman–Crippen LogP) is 2.78. The van der Waals surface area contributed by atoms with Gasteiger partial charge in [0.25, 0.3) is 0 Å². The second-order valence-electron chi connectivity index (χ2n) is 3.43. The Balaban J connectivity index is 1.87. The Bertz CT molecular complexity index is 456.